The van der Waals surface area contributed by atoms with Gasteiger partial charge in [0.15, 0.2) is 0 Å². The maximum atomic E-state index is 12.1. The molecule has 2 saturated heterocycles. The molecule has 2 aliphatic heterocycles. The van der Waals surface area contributed by atoms with Crippen LogP contribution in [0, 0.1) is 0 Å². The lowest BCUT2D eigenvalue weighted by Crippen LogP contribution is -2.47. The second-order valence-corrected chi connectivity index (χ2v) is 5.08. The van der Waals surface area contributed by atoms with Crippen molar-refractivity contribution in [1.29, 1.82) is 0 Å². The largest absolute Gasteiger partial charge is 0.378 e. The number of ether oxygens (including phenoxy) is 2. The van der Waals surface area contributed by atoms with E-state index in [0.29, 0.717) is 32.4 Å². The highest BCUT2D eigenvalue weighted by molar-refractivity contribution is 5.74. The molecule has 0 aliphatic carbocycles. The lowest BCUT2D eigenvalue weighted by Gasteiger charge is -2.32. The fraction of sp³-hybridized carbons (Fsp3) is 0.923. The average molecular weight is 256 g/mol. The molecule has 0 aromatic rings. The van der Waals surface area contributed by atoms with Gasteiger partial charge in [-0.1, -0.05) is 0 Å². The SMILES string of the molecule is CN(CCC1CCCCO1)C(=O)N1CCOCC1. The lowest BCUT2D eigenvalue weighted by atomic mass is 10.1. The van der Waals surface area contributed by atoms with Crippen LogP contribution < -0.4 is 0 Å². The van der Waals surface area contributed by atoms with Crippen molar-refractivity contribution in [2.45, 2.75) is 31.8 Å². The Hall–Kier alpha value is -0.810. The van der Waals surface area contributed by atoms with Crippen LogP contribution in [-0.2, 0) is 9.47 Å². The minimum Gasteiger partial charge on any atom is -0.378 e. The molecule has 0 N–H and O–H groups in total. The van der Waals surface area contributed by atoms with E-state index in [0.717, 1.165) is 26.0 Å². The topological polar surface area (TPSA) is 42.0 Å². The molecule has 2 fully saturated rings. The summed E-state index contributed by atoms with van der Waals surface area (Å²) < 4.78 is 10.9. The molecular formula is C13H24N2O3. The molecule has 2 aliphatic rings. The smallest absolute Gasteiger partial charge is 0.319 e. The van der Waals surface area contributed by atoms with Gasteiger partial charge in [-0.15, -0.1) is 0 Å². The second kappa shape index (κ2) is 6.95. The summed E-state index contributed by atoms with van der Waals surface area (Å²) in [7, 11) is 1.88. The normalized spacial score (nSPS) is 24.9. The molecule has 0 bridgehead atoms. The molecule has 104 valence electrons. The van der Waals surface area contributed by atoms with Crippen LogP contribution >= 0.6 is 0 Å². The molecule has 0 radical (unpaired) electrons. The first kappa shape index (κ1) is 13.6. The van der Waals surface area contributed by atoms with E-state index in [9.17, 15) is 4.79 Å². The highest BCUT2D eigenvalue weighted by atomic mass is 16.5. The lowest BCUT2D eigenvalue weighted by molar-refractivity contribution is 0.00609. The molecule has 1 unspecified atom stereocenters. The van der Waals surface area contributed by atoms with Gasteiger partial charge in [-0.05, 0) is 25.7 Å². The molecule has 18 heavy (non-hydrogen) atoms. The first-order valence-corrected chi connectivity index (χ1v) is 6.97. The quantitative estimate of drug-likeness (QED) is 0.765. The van der Waals surface area contributed by atoms with Gasteiger partial charge < -0.3 is 19.3 Å². The van der Waals surface area contributed by atoms with E-state index in [-0.39, 0.29) is 6.03 Å². The minimum atomic E-state index is 0.120. The summed E-state index contributed by atoms with van der Waals surface area (Å²) in [5.41, 5.74) is 0. The van der Waals surface area contributed by atoms with Crippen molar-refractivity contribution in [2.24, 2.45) is 0 Å². The highest BCUT2D eigenvalue weighted by Gasteiger charge is 2.21. The van der Waals surface area contributed by atoms with Crippen LogP contribution in [0.2, 0.25) is 0 Å². The third kappa shape index (κ3) is 3.85. The molecular weight excluding hydrogens is 232 g/mol. The Balaban J connectivity index is 1.69. The van der Waals surface area contributed by atoms with E-state index in [2.05, 4.69) is 0 Å². The van der Waals surface area contributed by atoms with E-state index >= 15 is 0 Å². The summed E-state index contributed by atoms with van der Waals surface area (Å²) >= 11 is 0. The van der Waals surface area contributed by atoms with Crippen LogP contribution in [0.5, 0.6) is 0 Å². The molecule has 2 heterocycles. The van der Waals surface area contributed by atoms with Crippen molar-refractivity contribution in [3.8, 4) is 0 Å². The first-order valence-electron chi connectivity index (χ1n) is 6.97. The van der Waals surface area contributed by atoms with Gasteiger partial charge in [0.05, 0.1) is 19.3 Å². The third-order valence-corrected chi connectivity index (χ3v) is 3.67. The first-order chi connectivity index (χ1) is 8.77. The van der Waals surface area contributed by atoms with E-state index in [1.54, 1.807) is 0 Å². The minimum absolute atomic E-state index is 0.120. The average Bonchev–Trinajstić information content (AvgIpc) is 2.46. The van der Waals surface area contributed by atoms with Crippen LogP contribution in [0.25, 0.3) is 0 Å². The van der Waals surface area contributed by atoms with Crippen molar-refractivity contribution < 1.29 is 14.3 Å². The van der Waals surface area contributed by atoms with Crippen molar-refractivity contribution in [1.82, 2.24) is 9.80 Å². The molecule has 0 saturated carbocycles. The van der Waals surface area contributed by atoms with Crippen molar-refractivity contribution >= 4 is 6.03 Å². The number of carbonyl (C=O) groups is 1. The molecule has 0 spiro atoms. The van der Waals surface area contributed by atoms with Gasteiger partial charge in [-0.25, -0.2) is 4.79 Å². The van der Waals surface area contributed by atoms with Crippen LogP contribution in [-0.4, -0.2) is 68.4 Å². The number of nitrogens with zero attached hydrogens (tertiary/aromatic N) is 2. The van der Waals surface area contributed by atoms with Crippen LogP contribution in [0.4, 0.5) is 4.79 Å². The predicted molar refractivity (Wildman–Crippen MR) is 68.6 cm³/mol. The molecule has 5 heteroatoms. The maximum Gasteiger partial charge on any atom is 0.319 e. The molecule has 2 amide bonds. The molecule has 5 nitrogen and oxygen atoms in total. The number of amides is 2. The predicted octanol–water partition coefficient (Wildman–Crippen LogP) is 1.33. The van der Waals surface area contributed by atoms with Crippen LogP contribution in [0.3, 0.4) is 0 Å². The summed E-state index contributed by atoms with van der Waals surface area (Å²) in [6.07, 6.45) is 4.87. The van der Waals surface area contributed by atoms with E-state index in [1.807, 2.05) is 16.8 Å². The van der Waals surface area contributed by atoms with Gasteiger partial charge in [0.2, 0.25) is 0 Å². The summed E-state index contributed by atoms with van der Waals surface area (Å²) in [5.74, 6) is 0. The van der Waals surface area contributed by atoms with Gasteiger partial charge >= 0.3 is 6.03 Å². The van der Waals surface area contributed by atoms with Gasteiger partial charge in [0, 0.05) is 33.3 Å². The van der Waals surface area contributed by atoms with Crippen molar-refractivity contribution in [2.75, 3.05) is 46.5 Å². The molecule has 0 aromatic carbocycles. The van der Waals surface area contributed by atoms with Crippen LogP contribution in [0.15, 0.2) is 0 Å². The van der Waals surface area contributed by atoms with E-state index in [1.165, 1.54) is 12.8 Å². The zero-order valence-corrected chi connectivity index (χ0v) is 11.3. The fourth-order valence-electron chi connectivity index (χ4n) is 2.46. The fourth-order valence-corrected chi connectivity index (χ4v) is 2.46. The van der Waals surface area contributed by atoms with Gasteiger partial charge in [-0.3, -0.25) is 0 Å². The van der Waals surface area contributed by atoms with Crippen LogP contribution in [0.1, 0.15) is 25.7 Å². The Kier molecular flexibility index (Phi) is 5.26. The molecule has 1 atom stereocenters. The Labute approximate surface area is 109 Å². The number of urea groups is 1. The Morgan fingerprint density at radius 3 is 2.72 bits per heavy atom. The van der Waals surface area contributed by atoms with Gasteiger partial charge in [-0.2, -0.15) is 0 Å². The zero-order chi connectivity index (χ0) is 12.8. The van der Waals surface area contributed by atoms with Gasteiger partial charge in [0.1, 0.15) is 0 Å². The number of hydrogen-bond donors (Lipinski definition) is 0. The summed E-state index contributed by atoms with van der Waals surface area (Å²) in [6.45, 7) is 4.40. The summed E-state index contributed by atoms with van der Waals surface area (Å²) in [6, 6.07) is 0.120. The summed E-state index contributed by atoms with van der Waals surface area (Å²) in [4.78, 5) is 15.8. The Morgan fingerprint density at radius 1 is 1.28 bits per heavy atom. The standard InChI is InChI=1S/C13H24N2O3/c1-14(6-5-12-4-2-3-9-18-12)13(16)15-7-10-17-11-8-15/h12H,2-11H2,1H3. The van der Waals surface area contributed by atoms with Crippen molar-refractivity contribution in [3.63, 3.8) is 0 Å². The monoisotopic (exact) mass is 256 g/mol. The molecule has 2 rings (SSSR count). The number of hydrogen-bond acceptors (Lipinski definition) is 3. The Morgan fingerprint density at radius 2 is 2.06 bits per heavy atom. The number of rotatable bonds is 3. The Bertz CT molecular complexity index is 261. The number of carbonyl (C=O) groups excluding carboxylic acids is 1. The second-order valence-electron chi connectivity index (χ2n) is 5.08. The number of morpholine rings is 1. The maximum absolute atomic E-state index is 12.1. The van der Waals surface area contributed by atoms with Crippen molar-refractivity contribution in [3.05, 3.63) is 0 Å². The van der Waals surface area contributed by atoms with E-state index < -0.39 is 0 Å². The molecule has 0 aromatic heterocycles. The highest BCUT2D eigenvalue weighted by Crippen LogP contribution is 2.16. The summed E-state index contributed by atoms with van der Waals surface area (Å²) in [5, 5.41) is 0. The van der Waals surface area contributed by atoms with Gasteiger partial charge in [0.25, 0.3) is 0 Å². The van der Waals surface area contributed by atoms with E-state index in [4.69, 9.17) is 9.47 Å². The third-order valence-electron chi connectivity index (χ3n) is 3.67. The zero-order valence-electron chi connectivity index (χ0n) is 11.3.